The summed E-state index contributed by atoms with van der Waals surface area (Å²) in [7, 11) is -0.968. The predicted molar refractivity (Wildman–Crippen MR) is 118 cm³/mol. The predicted octanol–water partition coefficient (Wildman–Crippen LogP) is 7.11. The maximum Gasteiger partial charge on any atom is 0.198 e. The molecule has 0 radical (unpaired) electrons. The molecule has 4 heteroatoms. The van der Waals surface area contributed by atoms with Crippen LogP contribution in [-0.4, -0.2) is 12.1 Å². The summed E-state index contributed by atoms with van der Waals surface area (Å²) in [5, 5.41) is 0. The van der Waals surface area contributed by atoms with Crippen LogP contribution in [0.2, 0.25) is 0 Å². The van der Waals surface area contributed by atoms with Gasteiger partial charge in [0.25, 0.3) is 0 Å². The molecule has 0 saturated carbocycles. The molecule has 1 heterocycles. The first-order valence-electron chi connectivity index (χ1n) is 9.33. The van der Waals surface area contributed by atoms with Crippen LogP contribution in [0, 0.1) is 41.5 Å². The Hall–Kier alpha value is -1.24. The number of hydrogen-bond acceptors (Lipinski definition) is 2. The first-order chi connectivity index (χ1) is 12.1. The third-order valence-corrected chi connectivity index (χ3v) is 8.37. The lowest BCUT2D eigenvalue weighted by molar-refractivity contribution is 0.643. The van der Waals surface area contributed by atoms with Gasteiger partial charge in [-0.05, 0) is 88.9 Å². The molecule has 0 bridgehead atoms. The van der Waals surface area contributed by atoms with Gasteiger partial charge in [0.05, 0.1) is 12.1 Å². The molecule has 0 N–H and O–H groups in total. The summed E-state index contributed by atoms with van der Waals surface area (Å²) in [6.45, 7) is 17.8. The maximum absolute atomic E-state index is 7.19. The van der Waals surface area contributed by atoms with Crippen LogP contribution in [0.4, 0.5) is 11.4 Å². The lowest BCUT2D eigenvalue weighted by atomic mass is 10.0. The number of anilines is 2. The van der Waals surface area contributed by atoms with Crippen molar-refractivity contribution in [2.24, 2.45) is 0 Å². The number of halogens is 1. The van der Waals surface area contributed by atoms with Gasteiger partial charge < -0.3 is 9.34 Å². The molecule has 2 nitrogen and oxygen atoms in total. The molecule has 0 amide bonds. The van der Waals surface area contributed by atoms with Crippen LogP contribution < -0.4 is 9.34 Å². The minimum absolute atomic E-state index is 0.360. The minimum Gasteiger partial charge on any atom is -0.316 e. The Kier molecular flexibility index (Phi) is 5.30. The average Bonchev–Trinajstić information content (AvgIpc) is 2.71. The fraction of sp³-hybridized carbons (Fsp3) is 0.455. The highest BCUT2D eigenvalue weighted by molar-refractivity contribution is 7.86. The Labute approximate surface area is 164 Å². The van der Waals surface area contributed by atoms with Crippen molar-refractivity contribution >= 4 is 30.2 Å². The quantitative estimate of drug-likeness (QED) is 0.506. The molecule has 0 aromatic heterocycles. The molecule has 1 aliphatic rings. The van der Waals surface area contributed by atoms with Crippen molar-refractivity contribution in [3.63, 3.8) is 0 Å². The summed E-state index contributed by atoms with van der Waals surface area (Å²) in [5.41, 5.74) is 10.5. The third-order valence-electron chi connectivity index (χ3n) is 5.55. The first kappa shape index (κ1) is 19.5. The van der Waals surface area contributed by atoms with E-state index in [2.05, 4.69) is 89.0 Å². The van der Waals surface area contributed by atoms with E-state index < -0.39 is 7.58 Å². The highest BCUT2D eigenvalue weighted by Gasteiger charge is 2.44. The van der Waals surface area contributed by atoms with Gasteiger partial charge >= 0.3 is 0 Å². The fourth-order valence-corrected chi connectivity index (χ4v) is 7.89. The zero-order valence-corrected chi connectivity index (χ0v) is 18.8. The second-order valence-electron chi connectivity index (χ2n) is 7.91. The second kappa shape index (κ2) is 7.06. The lowest BCUT2D eigenvalue weighted by Crippen LogP contribution is -2.33. The molecular formula is C22H30ClN2P. The van der Waals surface area contributed by atoms with Crippen molar-refractivity contribution in [1.29, 1.82) is 0 Å². The van der Waals surface area contributed by atoms with Crippen LogP contribution in [0.5, 0.6) is 0 Å². The standard InChI is InChI=1S/C22H30ClN2P/c1-13-9-15(3)21(16(4)10-13)24-19(7)20(8)25(26(24)23)22-17(5)11-14(2)12-18(22)6/h9-12,19-20H,1-8H3/t19-,20?,26?/m1/s1. The van der Waals surface area contributed by atoms with E-state index >= 15 is 0 Å². The summed E-state index contributed by atoms with van der Waals surface area (Å²) in [5.74, 6) is 0. The van der Waals surface area contributed by atoms with Crippen molar-refractivity contribution in [2.45, 2.75) is 67.5 Å². The fourth-order valence-electron chi connectivity index (χ4n) is 4.45. The number of aryl methyl sites for hydroxylation is 6. The topological polar surface area (TPSA) is 6.48 Å². The Bertz CT molecular complexity index is 733. The molecule has 140 valence electrons. The highest BCUT2D eigenvalue weighted by Crippen LogP contribution is 2.62. The van der Waals surface area contributed by atoms with Gasteiger partial charge in [-0.3, -0.25) is 0 Å². The smallest absolute Gasteiger partial charge is 0.198 e. The maximum atomic E-state index is 7.19. The van der Waals surface area contributed by atoms with Crippen LogP contribution in [0.25, 0.3) is 0 Å². The number of nitrogens with zero attached hydrogens (tertiary/aromatic N) is 2. The average molecular weight is 389 g/mol. The minimum atomic E-state index is -0.968. The van der Waals surface area contributed by atoms with Crippen LogP contribution in [-0.2, 0) is 0 Å². The van der Waals surface area contributed by atoms with E-state index in [4.69, 9.17) is 11.2 Å². The molecule has 2 aromatic carbocycles. The summed E-state index contributed by atoms with van der Waals surface area (Å²) in [6.07, 6.45) is 0. The van der Waals surface area contributed by atoms with Crippen molar-refractivity contribution in [1.82, 2.24) is 0 Å². The Morgan fingerprint density at radius 2 is 0.923 bits per heavy atom. The Morgan fingerprint density at radius 1 is 0.654 bits per heavy atom. The third kappa shape index (κ3) is 3.12. The molecule has 1 saturated heterocycles. The summed E-state index contributed by atoms with van der Waals surface area (Å²) < 4.78 is 4.93. The molecule has 1 fully saturated rings. The van der Waals surface area contributed by atoms with Crippen molar-refractivity contribution in [2.75, 3.05) is 9.34 Å². The molecule has 0 spiro atoms. The van der Waals surface area contributed by atoms with E-state index in [1.165, 1.54) is 44.8 Å². The number of benzene rings is 2. The molecule has 2 aromatic rings. The van der Waals surface area contributed by atoms with Gasteiger partial charge in [-0.2, -0.15) is 0 Å². The second-order valence-corrected chi connectivity index (χ2v) is 10.2. The number of hydrogen-bond donors (Lipinski definition) is 0. The molecule has 0 aliphatic carbocycles. The molecule has 1 aliphatic heterocycles. The summed E-state index contributed by atoms with van der Waals surface area (Å²) in [6, 6.07) is 9.79. The molecule has 2 unspecified atom stereocenters. The molecular weight excluding hydrogens is 359 g/mol. The van der Waals surface area contributed by atoms with Gasteiger partial charge in [0, 0.05) is 11.4 Å². The number of rotatable bonds is 2. The van der Waals surface area contributed by atoms with Gasteiger partial charge in [0.15, 0.2) is 7.58 Å². The lowest BCUT2D eigenvalue weighted by Gasteiger charge is -2.32. The molecule has 26 heavy (non-hydrogen) atoms. The summed E-state index contributed by atoms with van der Waals surface area (Å²) in [4.78, 5) is 0. The van der Waals surface area contributed by atoms with E-state index in [1.54, 1.807) is 0 Å². The zero-order chi connectivity index (χ0) is 19.3. The normalized spacial score (nSPS) is 23.0. The van der Waals surface area contributed by atoms with Gasteiger partial charge in [-0.15, -0.1) is 0 Å². The van der Waals surface area contributed by atoms with Gasteiger partial charge in [-0.1, -0.05) is 35.4 Å². The van der Waals surface area contributed by atoms with Crippen molar-refractivity contribution in [3.05, 3.63) is 57.6 Å². The zero-order valence-electron chi connectivity index (χ0n) is 17.2. The van der Waals surface area contributed by atoms with Crippen molar-refractivity contribution in [3.8, 4) is 0 Å². The first-order valence-corrected chi connectivity index (χ1v) is 11.5. The van der Waals surface area contributed by atoms with Crippen LogP contribution >= 0.6 is 18.8 Å². The molecule has 3 rings (SSSR count). The van der Waals surface area contributed by atoms with Crippen LogP contribution in [0.15, 0.2) is 24.3 Å². The van der Waals surface area contributed by atoms with Crippen LogP contribution in [0.3, 0.4) is 0 Å². The van der Waals surface area contributed by atoms with E-state index in [0.29, 0.717) is 12.1 Å². The van der Waals surface area contributed by atoms with E-state index in [9.17, 15) is 0 Å². The van der Waals surface area contributed by atoms with E-state index in [1.807, 2.05) is 0 Å². The van der Waals surface area contributed by atoms with Gasteiger partial charge in [0.2, 0.25) is 0 Å². The van der Waals surface area contributed by atoms with Gasteiger partial charge in [0.1, 0.15) is 0 Å². The monoisotopic (exact) mass is 388 g/mol. The molecule has 3 atom stereocenters. The van der Waals surface area contributed by atoms with Gasteiger partial charge in [-0.25, -0.2) is 0 Å². The van der Waals surface area contributed by atoms with Crippen LogP contribution in [0.1, 0.15) is 47.2 Å². The largest absolute Gasteiger partial charge is 0.316 e. The summed E-state index contributed by atoms with van der Waals surface area (Å²) >= 11 is 7.19. The Morgan fingerprint density at radius 3 is 1.19 bits per heavy atom. The van der Waals surface area contributed by atoms with Crippen molar-refractivity contribution < 1.29 is 0 Å². The highest BCUT2D eigenvalue weighted by atomic mass is 35.7. The Balaban J connectivity index is 2.11. The SMILES string of the molecule is Cc1cc(C)c(N2C(C)[C@@H](C)N(c3c(C)cc(C)cc3C)P2Cl)c(C)c1. The van der Waals surface area contributed by atoms with E-state index in [0.717, 1.165) is 0 Å². The van der Waals surface area contributed by atoms with E-state index in [-0.39, 0.29) is 0 Å².